The van der Waals surface area contributed by atoms with Gasteiger partial charge in [-0.05, 0) is 19.3 Å². The Morgan fingerprint density at radius 1 is 1.17 bits per heavy atom. The minimum absolute atomic E-state index is 0.0242. The standard InChI is InChI=1S/C19H34FN3O7/c1-3-13(24)9-12(19(21)29)7-5-6-8-22-16(26)11-30-23-10-14(20)17(27)18(28)15(25)4-2/h10,12,14-15,17-18,25,27-28H,3-9,11H2,1-2H3,(H2,21,29)(H,22,26)/b23-10+/t12?,14-,15+,17+,18+/m0/s1/i20-1. The summed E-state index contributed by atoms with van der Waals surface area (Å²) in [7, 11) is 0. The Hall–Kier alpha value is -2.11. The average Bonchev–Trinajstić information content (AvgIpc) is 2.73. The van der Waals surface area contributed by atoms with Gasteiger partial charge in [0, 0.05) is 25.3 Å². The van der Waals surface area contributed by atoms with E-state index in [1.54, 1.807) is 13.8 Å². The van der Waals surface area contributed by atoms with E-state index in [0.29, 0.717) is 38.4 Å². The van der Waals surface area contributed by atoms with E-state index in [9.17, 15) is 34.1 Å². The molecule has 0 aliphatic heterocycles. The Morgan fingerprint density at radius 3 is 2.40 bits per heavy atom. The second kappa shape index (κ2) is 15.7. The summed E-state index contributed by atoms with van der Waals surface area (Å²) < 4.78 is 13.7. The first kappa shape index (κ1) is 27.9. The highest BCUT2D eigenvalue weighted by atomic mass is 18.2. The molecular weight excluding hydrogens is 400 g/mol. The van der Waals surface area contributed by atoms with Crippen LogP contribution >= 0.6 is 0 Å². The maximum atomic E-state index is 13.7. The van der Waals surface area contributed by atoms with Crippen LogP contribution in [0.5, 0.6) is 0 Å². The van der Waals surface area contributed by atoms with Gasteiger partial charge in [-0.15, -0.1) is 0 Å². The molecule has 0 aliphatic carbocycles. The lowest BCUT2D eigenvalue weighted by atomic mass is 9.95. The third-order valence-electron chi connectivity index (χ3n) is 4.53. The molecule has 10 nitrogen and oxygen atoms in total. The highest BCUT2D eigenvalue weighted by Gasteiger charge is 2.29. The van der Waals surface area contributed by atoms with Crippen LogP contribution in [0, 0.1) is 5.92 Å². The number of primary amides is 1. The summed E-state index contributed by atoms with van der Waals surface area (Å²) in [4.78, 5) is 39.0. The van der Waals surface area contributed by atoms with Crippen molar-refractivity contribution in [3.63, 3.8) is 0 Å². The van der Waals surface area contributed by atoms with Gasteiger partial charge >= 0.3 is 0 Å². The minimum atomic E-state index is -2.08. The third-order valence-corrected chi connectivity index (χ3v) is 4.53. The summed E-state index contributed by atoms with van der Waals surface area (Å²) >= 11 is 0. The van der Waals surface area contributed by atoms with Gasteiger partial charge in [-0.25, -0.2) is 4.39 Å². The van der Waals surface area contributed by atoms with E-state index < -0.39 is 48.8 Å². The van der Waals surface area contributed by atoms with Gasteiger partial charge in [0.2, 0.25) is 5.91 Å². The van der Waals surface area contributed by atoms with Crippen LogP contribution in [-0.2, 0) is 19.2 Å². The zero-order chi connectivity index (χ0) is 23.1. The quantitative estimate of drug-likeness (QED) is 0.117. The molecule has 0 bridgehead atoms. The summed E-state index contributed by atoms with van der Waals surface area (Å²) in [5.41, 5.74) is 5.29. The second-order valence-corrected chi connectivity index (χ2v) is 6.97. The number of nitrogens with one attached hydrogen (secondary N) is 1. The van der Waals surface area contributed by atoms with Crippen LogP contribution in [0.3, 0.4) is 0 Å². The Balaban J connectivity index is 4.03. The number of carbonyl (C=O) groups is 3. The Bertz CT molecular complexity index is 562. The second-order valence-electron chi connectivity index (χ2n) is 6.97. The molecule has 5 atom stereocenters. The largest absolute Gasteiger partial charge is 0.390 e. The number of nitrogens with zero attached hydrogens (tertiary/aromatic N) is 1. The summed E-state index contributed by atoms with van der Waals surface area (Å²) in [6.45, 7) is 3.12. The molecule has 0 aromatic heterocycles. The number of halogens is 1. The maximum Gasteiger partial charge on any atom is 0.260 e. The molecule has 174 valence electrons. The molecule has 30 heavy (non-hydrogen) atoms. The zero-order valence-electron chi connectivity index (χ0n) is 17.5. The van der Waals surface area contributed by atoms with Crippen LogP contribution < -0.4 is 11.1 Å². The van der Waals surface area contributed by atoms with Crippen molar-refractivity contribution in [3.05, 3.63) is 0 Å². The molecule has 0 saturated heterocycles. The van der Waals surface area contributed by atoms with Crippen molar-refractivity contribution in [2.24, 2.45) is 16.8 Å². The van der Waals surface area contributed by atoms with Crippen LogP contribution in [0.25, 0.3) is 0 Å². The first-order chi connectivity index (χ1) is 14.1. The van der Waals surface area contributed by atoms with Crippen LogP contribution in [0.15, 0.2) is 5.16 Å². The number of Topliss-reactive ketones (excluding diaryl/α,β-unsaturated/α-hetero) is 1. The Labute approximate surface area is 175 Å². The maximum absolute atomic E-state index is 13.7. The third kappa shape index (κ3) is 11.8. The number of aliphatic hydroxyl groups excluding tert-OH is 3. The number of hydrogen-bond acceptors (Lipinski definition) is 8. The molecule has 0 radical (unpaired) electrons. The van der Waals surface area contributed by atoms with E-state index in [1.807, 2.05) is 0 Å². The van der Waals surface area contributed by atoms with E-state index in [2.05, 4.69) is 15.3 Å². The van der Waals surface area contributed by atoms with Gasteiger partial charge in [0.15, 0.2) is 12.8 Å². The van der Waals surface area contributed by atoms with E-state index in [-0.39, 0.29) is 18.6 Å². The normalized spacial score (nSPS) is 16.5. The van der Waals surface area contributed by atoms with E-state index in [0.717, 1.165) is 0 Å². The van der Waals surface area contributed by atoms with Crippen molar-refractivity contribution in [2.75, 3.05) is 13.2 Å². The number of oxime groups is 1. The van der Waals surface area contributed by atoms with E-state index >= 15 is 0 Å². The number of aliphatic hydroxyl groups is 3. The number of alkyl halides is 1. The van der Waals surface area contributed by atoms with Gasteiger partial charge in [-0.3, -0.25) is 14.4 Å². The Morgan fingerprint density at radius 2 is 1.83 bits per heavy atom. The molecule has 0 aromatic carbocycles. The van der Waals surface area contributed by atoms with Gasteiger partial charge in [0.05, 0.1) is 12.3 Å². The highest BCUT2D eigenvalue weighted by molar-refractivity contribution is 5.85. The van der Waals surface area contributed by atoms with Crippen LogP contribution in [0.4, 0.5) is 4.39 Å². The fraction of sp³-hybridized carbons (Fsp3) is 0.789. The summed E-state index contributed by atoms with van der Waals surface area (Å²) in [5, 5.41) is 34.2. The van der Waals surface area contributed by atoms with Crippen molar-refractivity contribution in [2.45, 2.75) is 76.9 Å². The Kier molecular flexibility index (Phi) is 14.6. The molecule has 0 saturated carbocycles. The van der Waals surface area contributed by atoms with Gasteiger partial charge in [-0.1, -0.05) is 25.4 Å². The lowest BCUT2D eigenvalue weighted by Gasteiger charge is -2.22. The SMILES string of the molecule is CCC(=O)CC(CCCCNC(=O)CO/N=C/[C@H]([18F])[C@@H](O)[C@H](O)[C@H](O)CC)C(N)=O. The number of unbranched alkanes of at least 4 members (excludes halogenated alkanes) is 1. The first-order valence-corrected chi connectivity index (χ1v) is 10.0. The fourth-order valence-corrected chi connectivity index (χ4v) is 2.50. The number of nitrogens with two attached hydrogens (primary N) is 1. The molecule has 1 unspecified atom stereocenters. The molecule has 0 heterocycles. The van der Waals surface area contributed by atoms with Crippen LogP contribution in [0.1, 0.15) is 52.4 Å². The lowest BCUT2D eigenvalue weighted by molar-refractivity contribution is -0.127. The first-order valence-electron chi connectivity index (χ1n) is 10.0. The highest BCUT2D eigenvalue weighted by Crippen LogP contribution is 2.14. The van der Waals surface area contributed by atoms with Crippen LogP contribution in [0.2, 0.25) is 0 Å². The predicted molar refractivity (Wildman–Crippen MR) is 107 cm³/mol. The number of carbonyl (C=O) groups excluding carboxylic acids is 3. The molecule has 0 spiro atoms. The predicted octanol–water partition coefficient (Wildman–Crippen LogP) is -0.423. The molecule has 2 amide bonds. The van der Waals surface area contributed by atoms with Gasteiger partial charge in [-0.2, -0.15) is 0 Å². The van der Waals surface area contributed by atoms with Crippen molar-refractivity contribution < 1.29 is 38.9 Å². The van der Waals surface area contributed by atoms with E-state index in [1.165, 1.54) is 0 Å². The van der Waals surface area contributed by atoms with Crippen molar-refractivity contribution in [1.29, 1.82) is 0 Å². The number of ketones is 1. The lowest BCUT2D eigenvalue weighted by Crippen LogP contribution is -2.43. The average molecular weight is 434 g/mol. The molecule has 11 heteroatoms. The fourth-order valence-electron chi connectivity index (χ4n) is 2.50. The minimum Gasteiger partial charge on any atom is -0.390 e. The summed E-state index contributed by atoms with van der Waals surface area (Å²) in [6.07, 6.45) is -4.08. The summed E-state index contributed by atoms with van der Waals surface area (Å²) in [5.74, 6) is -1.55. The molecule has 0 aliphatic rings. The van der Waals surface area contributed by atoms with E-state index in [4.69, 9.17) is 5.73 Å². The topological polar surface area (TPSA) is 172 Å². The number of hydrogen-bond donors (Lipinski definition) is 5. The van der Waals surface area contributed by atoms with Crippen molar-refractivity contribution >= 4 is 23.8 Å². The van der Waals surface area contributed by atoms with Crippen molar-refractivity contribution in [1.82, 2.24) is 5.32 Å². The molecule has 6 N–H and O–H groups in total. The van der Waals surface area contributed by atoms with Crippen molar-refractivity contribution in [3.8, 4) is 0 Å². The summed E-state index contributed by atoms with van der Waals surface area (Å²) in [6, 6.07) is 0. The molecule has 0 rings (SSSR count). The smallest absolute Gasteiger partial charge is 0.260 e. The molecule has 0 aromatic rings. The molecule has 0 fully saturated rings. The number of rotatable bonds is 17. The van der Waals surface area contributed by atoms with Crippen LogP contribution in [-0.4, -0.2) is 76.8 Å². The van der Waals surface area contributed by atoms with Gasteiger partial charge in [0.1, 0.15) is 18.0 Å². The van der Waals surface area contributed by atoms with Gasteiger partial charge in [0.25, 0.3) is 5.91 Å². The zero-order valence-corrected chi connectivity index (χ0v) is 17.5. The number of amides is 2. The molecular formula is C19H34FN3O7. The monoisotopic (exact) mass is 434 g/mol. The van der Waals surface area contributed by atoms with Gasteiger partial charge < -0.3 is 31.2 Å².